The second-order valence-electron chi connectivity index (χ2n) is 5.97. The third-order valence-electron chi connectivity index (χ3n) is 4.47. The molecule has 0 saturated carbocycles. The van der Waals surface area contributed by atoms with Crippen molar-refractivity contribution in [3.05, 3.63) is 29.8 Å². The molecule has 0 bridgehead atoms. The van der Waals surface area contributed by atoms with E-state index in [4.69, 9.17) is 10.5 Å². The van der Waals surface area contributed by atoms with E-state index in [0.717, 1.165) is 32.4 Å². The van der Waals surface area contributed by atoms with Gasteiger partial charge in [-0.2, -0.15) is 0 Å². The number of hydrogen-bond donors (Lipinski definition) is 1. The first-order chi connectivity index (χ1) is 11.1. The van der Waals surface area contributed by atoms with Crippen LogP contribution in [0, 0.1) is 5.92 Å². The average Bonchev–Trinajstić information content (AvgIpc) is 2.57. The molecule has 1 aliphatic rings. The number of likely N-dealkylation sites (tertiary alicyclic amines) is 1. The Bertz CT molecular complexity index is 534. The molecule has 1 aliphatic heterocycles. The molecule has 1 fully saturated rings. The van der Waals surface area contributed by atoms with Crippen molar-refractivity contribution >= 4 is 17.4 Å². The van der Waals surface area contributed by atoms with Crippen LogP contribution >= 0.6 is 0 Å². The van der Waals surface area contributed by atoms with Gasteiger partial charge in [-0.3, -0.25) is 14.5 Å². The van der Waals surface area contributed by atoms with Crippen LogP contribution in [0.4, 0.5) is 5.69 Å². The maximum atomic E-state index is 12.7. The number of anilines is 1. The number of ether oxygens (including phenoxy) is 1. The van der Waals surface area contributed by atoms with Gasteiger partial charge in [0, 0.05) is 11.3 Å². The van der Waals surface area contributed by atoms with Crippen molar-refractivity contribution in [2.75, 3.05) is 25.4 Å². The maximum Gasteiger partial charge on any atom is 0.309 e. The predicted octanol–water partition coefficient (Wildman–Crippen LogP) is 2.51. The lowest BCUT2D eigenvalue weighted by Crippen LogP contribution is -2.46. The Morgan fingerprint density at radius 2 is 1.83 bits per heavy atom. The summed E-state index contributed by atoms with van der Waals surface area (Å²) in [6.45, 7) is 5.78. The van der Waals surface area contributed by atoms with E-state index in [-0.39, 0.29) is 23.7 Å². The van der Waals surface area contributed by atoms with E-state index in [0.29, 0.717) is 17.9 Å². The molecule has 5 heteroatoms. The zero-order valence-electron chi connectivity index (χ0n) is 14.0. The van der Waals surface area contributed by atoms with Crippen molar-refractivity contribution in [3.63, 3.8) is 0 Å². The molecule has 2 N–H and O–H groups in total. The quantitative estimate of drug-likeness (QED) is 0.496. The lowest BCUT2D eigenvalue weighted by molar-refractivity contribution is -0.149. The lowest BCUT2D eigenvalue weighted by Gasteiger charge is -2.35. The van der Waals surface area contributed by atoms with Gasteiger partial charge in [0.25, 0.3) is 0 Å². The van der Waals surface area contributed by atoms with Gasteiger partial charge in [0.15, 0.2) is 5.78 Å². The molecule has 0 spiro atoms. The second kappa shape index (κ2) is 8.11. The van der Waals surface area contributed by atoms with Gasteiger partial charge >= 0.3 is 5.97 Å². The number of hydrogen-bond acceptors (Lipinski definition) is 5. The van der Waals surface area contributed by atoms with E-state index in [9.17, 15) is 9.59 Å². The van der Waals surface area contributed by atoms with Gasteiger partial charge in [-0.25, -0.2) is 0 Å². The Hall–Kier alpha value is -1.88. The van der Waals surface area contributed by atoms with Crippen molar-refractivity contribution < 1.29 is 14.3 Å². The van der Waals surface area contributed by atoms with Crippen LogP contribution in [0.25, 0.3) is 0 Å². The van der Waals surface area contributed by atoms with E-state index in [1.807, 2.05) is 13.8 Å². The van der Waals surface area contributed by atoms with Gasteiger partial charge in [-0.05, 0) is 63.5 Å². The number of ketones is 1. The zero-order valence-corrected chi connectivity index (χ0v) is 14.0. The van der Waals surface area contributed by atoms with Gasteiger partial charge in [0.05, 0.1) is 18.6 Å². The van der Waals surface area contributed by atoms with Gasteiger partial charge in [0.2, 0.25) is 0 Å². The van der Waals surface area contributed by atoms with Crippen molar-refractivity contribution in [2.45, 2.75) is 39.2 Å². The number of carbonyl (C=O) groups excluding carboxylic acids is 2. The van der Waals surface area contributed by atoms with Crippen LogP contribution in [0.1, 0.15) is 43.5 Å². The summed E-state index contributed by atoms with van der Waals surface area (Å²) >= 11 is 0. The highest BCUT2D eigenvalue weighted by Gasteiger charge is 2.32. The highest BCUT2D eigenvalue weighted by atomic mass is 16.5. The third kappa shape index (κ3) is 4.32. The highest BCUT2D eigenvalue weighted by Crippen LogP contribution is 2.23. The molecule has 1 heterocycles. The number of rotatable bonds is 6. The summed E-state index contributed by atoms with van der Waals surface area (Å²) in [5.41, 5.74) is 7.03. The maximum absolute atomic E-state index is 12.7. The SMILES string of the molecule is CCOC(=O)C1CCN(C(CC)C(=O)c2ccc(N)cc2)CC1. The fourth-order valence-corrected chi connectivity index (χ4v) is 3.16. The summed E-state index contributed by atoms with van der Waals surface area (Å²) in [4.78, 5) is 26.7. The number of esters is 1. The monoisotopic (exact) mass is 318 g/mol. The number of nitrogen functional groups attached to an aromatic ring is 1. The molecule has 1 unspecified atom stereocenters. The summed E-state index contributed by atoms with van der Waals surface area (Å²) in [5, 5.41) is 0. The highest BCUT2D eigenvalue weighted by molar-refractivity contribution is 6.00. The van der Waals surface area contributed by atoms with E-state index >= 15 is 0 Å². The molecule has 1 atom stereocenters. The number of piperidine rings is 1. The summed E-state index contributed by atoms with van der Waals surface area (Å²) in [6.07, 6.45) is 2.27. The Labute approximate surface area is 137 Å². The number of nitrogens with zero attached hydrogens (tertiary/aromatic N) is 1. The number of carbonyl (C=O) groups is 2. The molecule has 1 aromatic carbocycles. The summed E-state index contributed by atoms with van der Waals surface area (Å²) < 4.78 is 5.10. The van der Waals surface area contributed by atoms with Gasteiger partial charge in [-0.15, -0.1) is 0 Å². The number of benzene rings is 1. The van der Waals surface area contributed by atoms with E-state index < -0.39 is 0 Å². The molecule has 0 aromatic heterocycles. The molecular formula is C18H26N2O3. The van der Waals surface area contributed by atoms with Crippen LogP contribution in [0.2, 0.25) is 0 Å². The zero-order chi connectivity index (χ0) is 16.8. The van der Waals surface area contributed by atoms with Crippen molar-refractivity contribution in [1.29, 1.82) is 0 Å². The molecule has 0 radical (unpaired) electrons. The minimum atomic E-state index is -0.137. The second-order valence-corrected chi connectivity index (χ2v) is 5.97. The first-order valence-electron chi connectivity index (χ1n) is 8.37. The minimum absolute atomic E-state index is 0.0321. The van der Waals surface area contributed by atoms with E-state index in [2.05, 4.69) is 4.90 Å². The first kappa shape index (κ1) is 17.5. The Morgan fingerprint density at radius 1 is 1.22 bits per heavy atom. The fraction of sp³-hybridized carbons (Fsp3) is 0.556. The summed E-state index contributed by atoms with van der Waals surface area (Å²) in [5.74, 6) is -0.0116. The van der Waals surface area contributed by atoms with Crippen LogP contribution in [0.15, 0.2) is 24.3 Å². The first-order valence-corrected chi connectivity index (χ1v) is 8.37. The molecule has 0 amide bonds. The molecular weight excluding hydrogens is 292 g/mol. The molecule has 126 valence electrons. The van der Waals surface area contributed by atoms with E-state index in [1.165, 1.54) is 0 Å². The molecule has 1 aromatic rings. The van der Waals surface area contributed by atoms with Gasteiger partial charge in [0.1, 0.15) is 0 Å². The van der Waals surface area contributed by atoms with Crippen molar-refractivity contribution in [3.8, 4) is 0 Å². The van der Waals surface area contributed by atoms with Crippen LogP contribution in [-0.2, 0) is 9.53 Å². The van der Waals surface area contributed by atoms with Crippen LogP contribution in [0.3, 0.4) is 0 Å². The van der Waals surface area contributed by atoms with E-state index in [1.54, 1.807) is 24.3 Å². The topological polar surface area (TPSA) is 72.6 Å². The van der Waals surface area contributed by atoms with Crippen LogP contribution < -0.4 is 5.73 Å². The smallest absolute Gasteiger partial charge is 0.309 e. The molecule has 1 saturated heterocycles. The Kier molecular flexibility index (Phi) is 6.16. The van der Waals surface area contributed by atoms with Gasteiger partial charge in [-0.1, -0.05) is 6.92 Å². The van der Waals surface area contributed by atoms with Crippen LogP contribution in [-0.4, -0.2) is 42.4 Å². The Morgan fingerprint density at radius 3 is 2.35 bits per heavy atom. The normalized spacial score (nSPS) is 17.7. The molecule has 5 nitrogen and oxygen atoms in total. The largest absolute Gasteiger partial charge is 0.466 e. The standard InChI is InChI=1S/C18H26N2O3/c1-3-16(17(21)13-5-7-15(19)8-6-13)20-11-9-14(10-12-20)18(22)23-4-2/h5-8,14,16H,3-4,9-12,19H2,1-2H3. The number of nitrogens with two attached hydrogens (primary N) is 1. The summed E-state index contributed by atoms with van der Waals surface area (Å²) in [6, 6.07) is 6.94. The Balaban J connectivity index is 1.98. The van der Waals surface area contributed by atoms with Crippen molar-refractivity contribution in [1.82, 2.24) is 4.90 Å². The third-order valence-corrected chi connectivity index (χ3v) is 4.47. The fourth-order valence-electron chi connectivity index (χ4n) is 3.16. The van der Waals surface area contributed by atoms with Gasteiger partial charge < -0.3 is 10.5 Å². The predicted molar refractivity (Wildman–Crippen MR) is 90.2 cm³/mol. The lowest BCUT2D eigenvalue weighted by atomic mass is 9.93. The molecule has 2 rings (SSSR count). The minimum Gasteiger partial charge on any atom is -0.466 e. The number of Topliss-reactive ketones (excluding diaryl/α,β-unsaturated/α-hetero) is 1. The summed E-state index contributed by atoms with van der Waals surface area (Å²) in [7, 11) is 0. The molecule has 23 heavy (non-hydrogen) atoms. The molecule has 0 aliphatic carbocycles. The average molecular weight is 318 g/mol. The van der Waals surface area contributed by atoms with Crippen molar-refractivity contribution in [2.24, 2.45) is 5.92 Å². The van der Waals surface area contributed by atoms with Crippen LogP contribution in [0.5, 0.6) is 0 Å².